The molecule has 4 nitrogen and oxygen atoms in total. The summed E-state index contributed by atoms with van der Waals surface area (Å²) in [6.45, 7) is 7.07. The Morgan fingerprint density at radius 3 is 2.33 bits per heavy atom. The van der Waals surface area contributed by atoms with Crippen LogP contribution in [0.1, 0.15) is 19.8 Å². The third kappa shape index (κ3) is 4.47. The van der Waals surface area contributed by atoms with Gasteiger partial charge in [0.2, 0.25) is 0 Å². The lowest BCUT2D eigenvalue weighted by molar-refractivity contribution is 0.0694. The monoisotopic (exact) mass is 216 g/mol. The molecule has 0 spiro atoms. The molecule has 0 unspecified atom stereocenters. The zero-order valence-electron chi connectivity index (χ0n) is 9.71. The first kappa shape index (κ1) is 12.9. The van der Waals surface area contributed by atoms with Crippen molar-refractivity contribution in [1.29, 1.82) is 0 Å². The second kappa shape index (κ2) is 6.43. The molecule has 1 aliphatic rings. The summed E-state index contributed by atoms with van der Waals surface area (Å²) in [4.78, 5) is 2.45. The van der Waals surface area contributed by atoms with Crippen LogP contribution in [0.25, 0.3) is 0 Å². The molecule has 1 rings (SSSR count). The molecular weight excluding hydrogens is 192 g/mol. The quantitative estimate of drug-likeness (QED) is 0.510. The molecule has 1 fully saturated rings. The van der Waals surface area contributed by atoms with Gasteiger partial charge in [0.05, 0.1) is 13.2 Å². The first-order valence-electron chi connectivity index (χ1n) is 5.85. The van der Waals surface area contributed by atoms with Gasteiger partial charge in [0, 0.05) is 25.0 Å². The van der Waals surface area contributed by atoms with Crippen molar-refractivity contribution in [3.05, 3.63) is 0 Å². The summed E-state index contributed by atoms with van der Waals surface area (Å²) in [5.41, 5.74) is -0.384. The predicted octanol–water partition coefficient (Wildman–Crippen LogP) is -0.337. The van der Waals surface area contributed by atoms with E-state index in [1.165, 1.54) is 25.9 Å². The van der Waals surface area contributed by atoms with E-state index in [4.69, 9.17) is 10.2 Å². The molecule has 0 aromatic carbocycles. The van der Waals surface area contributed by atoms with Gasteiger partial charge in [-0.25, -0.2) is 0 Å². The van der Waals surface area contributed by atoms with Gasteiger partial charge in [-0.1, -0.05) is 6.92 Å². The van der Waals surface area contributed by atoms with E-state index in [0.717, 1.165) is 13.1 Å². The summed E-state index contributed by atoms with van der Waals surface area (Å²) in [5.74, 6) is 0. The lowest BCUT2D eigenvalue weighted by Gasteiger charge is -2.25. The average molecular weight is 216 g/mol. The van der Waals surface area contributed by atoms with Crippen molar-refractivity contribution in [2.24, 2.45) is 5.41 Å². The number of likely N-dealkylation sites (tertiary alicyclic amines) is 1. The zero-order valence-corrected chi connectivity index (χ0v) is 9.71. The normalized spacial score (nSPS) is 18.6. The highest BCUT2D eigenvalue weighted by Gasteiger charge is 2.21. The fourth-order valence-electron chi connectivity index (χ4n) is 1.80. The highest BCUT2D eigenvalue weighted by molar-refractivity contribution is 4.75. The van der Waals surface area contributed by atoms with Crippen LogP contribution in [0.5, 0.6) is 0 Å². The summed E-state index contributed by atoms with van der Waals surface area (Å²) >= 11 is 0. The molecule has 1 heterocycles. The van der Waals surface area contributed by atoms with Crippen LogP contribution in [0.2, 0.25) is 0 Å². The Hall–Kier alpha value is -0.160. The van der Waals surface area contributed by atoms with Crippen molar-refractivity contribution >= 4 is 0 Å². The Kier molecular flexibility index (Phi) is 5.53. The molecule has 0 radical (unpaired) electrons. The predicted molar refractivity (Wildman–Crippen MR) is 60.8 cm³/mol. The van der Waals surface area contributed by atoms with Gasteiger partial charge in [0.25, 0.3) is 0 Å². The van der Waals surface area contributed by atoms with E-state index in [1.54, 1.807) is 0 Å². The van der Waals surface area contributed by atoms with E-state index in [1.807, 2.05) is 6.92 Å². The molecule has 0 bridgehead atoms. The van der Waals surface area contributed by atoms with Gasteiger partial charge in [-0.15, -0.1) is 0 Å². The van der Waals surface area contributed by atoms with Crippen LogP contribution in [-0.2, 0) is 0 Å². The van der Waals surface area contributed by atoms with Gasteiger partial charge >= 0.3 is 0 Å². The topological polar surface area (TPSA) is 55.7 Å². The number of rotatable bonds is 7. The van der Waals surface area contributed by atoms with Crippen LogP contribution >= 0.6 is 0 Å². The lowest BCUT2D eigenvalue weighted by Crippen LogP contribution is -2.40. The van der Waals surface area contributed by atoms with Crippen LogP contribution in [0.15, 0.2) is 0 Å². The Morgan fingerprint density at radius 1 is 1.20 bits per heavy atom. The van der Waals surface area contributed by atoms with Crippen LogP contribution in [0, 0.1) is 5.41 Å². The number of nitrogens with zero attached hydrogens (tertiary/aromatic N) is 1. The SMILES string of the molecule is CC(CO)(CO)CNCCN1CCCC1. The molecule has 0 atom stereocenters. The molecular formula is C11H24N2O2. The first-order chi connectivity index (χ1) is 7.20. The summed E-state index contributed by atoms with van der Waals surface area (Å²) in [6.07, 6.45) is 2.65. The van der Waals surface area contributed by atoms with Crippen molar-refractivity contribution in [2.75, 3.05) is 45.9 Å². The fourth-order valence-corrected chi connectivity index (χ4v) is 1.80. The standard InChI is InChI=1S/C11H24N2O2/c1-11(9-14,10-15)8-12-4-7-13-5-2-3-6-13/h12,14-15H,2-10H2,1H3. The molecule has 0 aromatic rings. The van der Waals surface area contributed by atoms with Gasteiger partial charge < -0.3 is 20.4 Å². The van der Waals surface area contributed by atoms with Crippen LogP contribution in [0.3, 0.4) is 0 Å². The third-order valence-corrected chi connectivity index (χ3v) is 3.12. The minimum absolute atomic E-state index is 0.0280. The Labute approximate surface area is 92.3 Å². The minimum Gasteiger partial charge on any atom is -0.396 e. The van der Waals surface area contributed by atoms with Gasteiger partial charge in [0.15, 0.2) is 0 Å². The van der Waals surface area contributed by atoms with Crippen LogP contribution in [-0.4, -0.2) is 61.1 Å². The largest absolute Gasteiger partial charge is 0.396 e. The van der Waals surface area contributed by atoms with Gasteiger partial charge in [-0.3, -0.25) is 0 Å². The van der Waals surface area contributed by atoms with E-state index in [-0.39, 0.29) is 18.6 Å². The summed E-state index contributed by atoms with van der Waals surface area (Å²) in [5, 5.41) is 21.5. The van der Waals surface area contributed by atoms with Crippen molar-refractivity contribution in [2.45, 2.75) is 19.8 Å². The molecule has 0 amide bonds. The maximum atomic E-state index is 9.09. The number of aliphatic hydroxyl groups is 2. The van der Waals surface area contributed by atoms with E-state index < -0.39 is 0 Å². The highest BCUT2D eigenvalue weighted by atomic mass is 16.3. The number of hydrogen-bond acceptors (Lipinski definition) is 4. The number of hydrogen-bond donors (Lipinski definition) is 3. The Bertz CT molecular complexity index is 166. The Balaban J connectivity index is 2.04. The van der Waals surface area contributed by atoms with Crippen molar-refractivity contribution in [1.82, 2.24) is 10.2 Å². The van der Waals surface area contributed by atoms with E-state index in [9.17, 15) is 0 Å². The molecule has 0 saturated carbocycles. The van der Waals surface area contributed by atoms with Crippen molar-refractivity contribution in [3.63, 3.8) is 0 Å². The second-order valence-corrected chi connectivity index (χ2v) is 4.85. The molecule has 4 heteroatoms. The molecule has 15 heavy (non-hydrogen) atoms. The summed E-state index contributed by atoms with van der Waals surface area (Å²) < 4.78 is 0. The van der Waals surface area contributed by atoms with Crippen LogP contribution < -0.4 is 5.32 Å². The summed E-state index contributed by atoms with van der Waals surface area (Å²) in [7, 11) is 0. The van der Waals surface area contributed by atoms with Crippen molar-refractivity contribution < 1.29 is 10.2 Å². The third-order valence-electron chi connectivity index (χ3n) is 3.12. The smallest absolute Gasteiger partial charge is 0.0518 e. The van der Waals surface area contributed by atoms with E-state index >= 15 is 0 Å². The maximum absolute atomic E-state index is 9.09. The van der Waals surface area contributed by atoms with Gasteiger partial charge in [-0.2, -0.15) is 0 Å². The van der Waals surface area contributed by atoms with E-state index in [2.05, 4.69) is 10.2 Å². The molecule has 1 saturated heterocycles. The minimum atomic E-state index is -0.384. The van der Waals surface area contributed by atoms with E-state index in [0.29, 0.717) is 6.54 Å². The number of aliphatic hydroxyl groups excluding tert-OH is 2. The Morgan fingerprint density at radius 2 is 1.80 bits per heavy atom. The number of nitrogens with one attached hydrogen (secondary N) is 1. The van der Waals surface area contributed by atoms with Gasteiger partial charge in [0.1, 0.15) is 0 Å². The second-order valence-electron chi connectivity index (χ2n) is 4.85. The zero-order chi connectivity index (χ0) is 11.1. The molecule has 0 aliphatic carbocycles. The molecule has 1 aliphatic heterocycles. The maximum Gasteiger partial charge on any atom is 0.0518 e. The van der Waals surface area contributed by atoms with Crippen molar-refractivity contribution in [3.8, 4) is 0 Å². The molecule has 3 N–H and O–H groups in total. The molecule has 0 aromatic heterocycles. The molecule has 90 valence electrons. The fraction of sp³-hybridized carbons (Fsp3) is 1.00. The van der Waals surface area contributed by atoms with Gasteiger partial charge in [-0.05, 0) is 25.9 Å². The average Bonchev–Trinajstić information content (AvgIpc) is 2.77. The first-order valence-corrected chi connectivity index (χ1v) is 5.85. The highest BCUT2D eigenvalue weighted by Crippen LogP contribution is 2.12. The van der Waals surface area contributed by atoms with Crippen LogP contribution in [0.4, 0.5) is 0 Å². The summed E-state index contributed by atoms with van der Waals surface area (Å²) in [6, 6.07) is 0. The lowest BCUT2D eigenvalue weighted by atomic mass is 9.93.